The topological polar surface area (TPSA) is 44.9 Å². The first-order chi connectivity index (χ1) is 11.9. The third-order valence-corrected chi connectivity index (χ3v) is 4.02. The van der Waals surface area contributed by atoms with Crippen LogP contribution in [0.2, 0.25) is 0 Å². The Bertz CT molecular complexity index is 965. The molecule has 0 aliphatic heterocycles. The van der Waals surface area contributed by atoms with Crippen LogP contribution in [0.5, 0.6) is 0 Å². The van der Waals surface area contributed by atoms with Gasteiger partial charge in [-0.15, -0.1) is 0 Å². The number of carbonyl (C=O) groups is 1. The molecule has 2 N–H and O–H groups in total. The summed E-state index contributed by atoms with van der Waals surface area (Å²) in [6.45, 7) is 1.95. The molecule has 0 bridgehead atoms. The van der Waals surface area contributed by atoms with Crippen LogP contribution in [-0.2, 0) is 6.42 Å². The van der Waals surface area contributed by atoms with Gasteiger partial charge < -0.3 is 10.3 Å². The molecule has 1 heterocycles. The van der Waals surface area contributed by atoms with Crippen molar-refractivity contribution >= 4 is 16.8 Å². The number of aryl methyl sites for hydroxylation is 1. The van der Waals surface area contributed by atoms with E-state index >= 15 is 0 Å². The van der Waals surface area contributed by atoms with Gasteiger partial charge in [-0.25, -0.2) is 17.6 Å². The fourth-order valence-electron chi connectivity index (χ4n) is 2.77. The van der Waals surface area contributed by atoms with E-state index in [0.717, 1.165) is 22.8 Å². The van der Waals surface area contributed by atoms with Crippen LogP contribution in [0.15, 0.2) is 30.3 Å². The maximum Gasteiger partial charge on any atom is 0.254 e. The van der Waals surface area contributed by atoms with Gasteiger partial charge in [0.15, 0.2) is 17.5 Å². The summed E-state index contributed by atoms with van der Waals surface area (Å²) in [6.07, 6.45) is 0.367. The van der Waals surface area contributed by atoms with Crippen LogP contribution in [-0.4, -0.2) is 17.4 Å². The summed E-state index contributed by atoms with van der Waals surface area (Å²) in [5, 5.41) is 3.16. The molecule has 0 radical (unpaired) electrons. The second-order valence-corrected chi connectivity index (χ2v) is 5.65. The minimum absolute atomic E-state index is 0.127. The second kappa shape index (κ2) is 6.58. The first-order valence-corrected chi connectivity index (χ1v) is 7.57. The van der Waals surface area contributed by atoms with Crippen molar-refractivity contribution < 1.29 is 22.4 Å². The van der Waals surface area contributed by atoms with Crippen molar-refractivity contribution in [3.63, 3.8) is 0 Å². The fourth-order valence-corrected chi connectivity index (χ4v) is 2.77. The van der Waals surface area contributed by atoms with Crippen molar-refractivity contribution in [1.29, 1.82) is 0 Å². The van der Waals surface area contributed by atoms with Crippen molar-refractivity contribution in [2.24, 2.45) is 0 Å². The molecule has 0 atom stereocenters. The molecule has 3 aromatic rings. The van der Waals surface area contributed by atoms with E-state index in [9.17, 15) is 22.4 Å². The Hall–Kier alpha value is -2.83. The van der Waals surface area contributed by atoms with Crippen LogP contribution in [0.25, 0.3) is 10.9 Å². The van der Waals surface area contributed by atoms with E-state index in [-0.39, 0.29) is 12.4 Å². The molecule has 3 rings (SSSR count). The van der Waals surface area contributed by atoms with Crippen molar-refractivity contribution in [2.75, 3.05) is 6.54 Å². The van der Waals surface area contributed by atoms with Crippen LogP contribution in [0.3, 0.4) is 0 Å². The molecule has 0 aliphatic rings. The first-order valence-electron chi connectivity index (χ1n) is 7.57. The molecular weight excluding hydrogens is 336 g/mol. The number of hydrogen-bond donors (Lipinski definition) is 2. The van der Waals surface area contributed by atoms with Crippen LogP contribution in [0.4, 0.5) is 17.6 Å². The molecule has 2 aromatic carbocycles. The third-order valence-electron chi connectivity index (χ3n) is 4.02. The highest BCUT2D eigenvalue weighted by atomic mass is 19.2. The average Bonchev–Trinajstić information content (AvgIpc) is 2.88. The van der Waals surface area contributed by atoms with E-state index in [0.29, 0.717) is 17.9 Å². The standard InChI is InChI=1S/C18H14F4N2O/c1-9-11(13-8-10(19)2-5-15(13)24-9)6-7-23-18(25)12-3-4-14(20)17(22)16(12)21/h2-5,8,24H,6-7H2,1H3,(H,23,25). The highest BCUT2D eigenvalue weighted by Gasteiger charge is 2.18. The summed E-state index contributed by atoms with van der Waals surface area (Å²) in [4.78, 5) is 15.1. The number of nitrogens with one attached hydrogen (secondary N) is 2. The van der Waals surface area contributed by atoms with Gasteiger partial charge in [0.2, 0.25) is 0 Å². The normalized spacial score (nSPS) is 11.1. The Morgan fingerprint density at radius 1 is 1.08 bits per heavy atom. The Kier molecular flexibility index (Phi) is 4.48. The molecular formula is C18H14F4N2O. The van der Waals surface area contributed by atoms with Crippen LogP contribution >= 0.6 is 0 Å². The van der Waals surface area contributed by atoms with Gasteiger partial charge in [-0.1, -0.05) is 0 Å². The van der Waals surface area contributed by atoms with Gasteiger partial charge in [-0.05, 0) is 49.2 Å². The number of H-pyrrole nitrogens is 1. The minimum Gasteiger partial charge on any atom is -0.358 e. The average molecular weight is 350 g/mol. The Labute approximate surface area is 140 Å². The van der Waals surface area contributed by atoms with Crippen LogP contribution in [0.1, 0.15) is 21.6 Å². The molecule has 3 nitrogen and oxygen atoms in total. The lowest BCUT2D eigenvalue weighted by atomic mass is 10.1. The van der Waals surface area contributed by atoms with Gasteiger partial charge in [0.1, 0.15) is 5.82 Å². The molecule has 0 fully saturated rings. The molecule has 0 aliphatic carbocycles. The molecule has 25 heavy (non-hydrogen) atoms. The number of aromatic amines is 1. The van der Waals surface area contributed by atoms with E-state index in [1.54, 1.807) is 6.07 Å². The Balaban J connectivity index is 1.73. The number of fused-ring (bicyclic) bond motifs is 1. The van der Waals surface area contributed by atoms with Crippen molar-refractivity contribution in [3.05, 3.63) is 70.4 Å². The summed E-state index contributed by atoms with van der Waals surface area (Å²) in [7, 11) is 0. The molecule has 7 heteroatoms. The van der Waals surface area contributed by atoms with E-state index in [4.69, 9.17) is 0 Å². The van der Waals surface area contributed by atoms with E-state index < -0.39 is 28.9 Å². The van der Waals surface area contributed by atoms with Gasteiger partial charge in [0, 0.05) is 23.1 Å². The van der Waals surface area contributed by atoms with Crippen molar-refractivity contribution in [2.45, 2.75) is 13.3 Å². The van der Waals surface area contributed by atoms with Gasteiger partial charge in [-0.2, -0.15) is 0 Å². The Morgan fingerprint density at radius 3 is 2.60 bits per heavy atom. The number of amides is 1. The third kappa shape index (κ3) is 3.22. The van der Waals surface area contributed by atoms with Crippen LogP contribution in [0, 0.1) is 30.2 Å². The lowest BCUT2D eigenvalue weighted by molar-refractivity contribution is 0.0949. The van der Waals surface area contributed by atoms with E-state index in [1.807, 2.05) is 6.92 Å². The van der Waals surface area contributed by atoms with Gasteiger partial charge >= 0.3 is 0 Å². The maximum atomic E-state index is 13.6. The summed E-state index contributed by atoms with van der Waals surface area (Å²) < 4.78 is 53.1. The van der Waals surface area contributed by atoms with Crippen LogP contribution < -0.4 is 5.32 Å². The quantitative estimate of drug-likeness (QED) is 0.542. The molecule has 130 valence electrons. The predicted octanol–water partition coefficient (Wildman–Crippen LogP) is 4.01. The van der Waals surface area contributed by atoms with E-state index in [1.165, 1.54) is 12.1 Å². The number of halogens is 4. The lowest BCUT2D eigenvalue weighted by Crippen LogP contribution is -2.27. The zero-order valence-electron chi connectivity index (χ0n) is 13.2. The van der Waals surface area contributed by atoms with Crippen molar-refractivity contribution in [3.8, 4) is 0 Å². The number of hydrogen-bond acceptors (Lipinski definition) is 1. The number of rotatable bonds is 4. The van der Waals surface area contributed by atoms with Gasteiger partial charge in [0.25, 0.3) is 5.91 Å². The summed E-state index contributed by atoms with van der Waals surface area (Å²) in [5.41, 5.74) is 1.85. The monoisotopic (exact) mass is 350 g/mol. The summed E-state index contributed by atoms with van der Waals surface area (Å²) in [6, 6.07) is 5.94. The Morgan fingerprint density at radius 2 is 1.84 bits per heavy atom. The zero-order valence-corrected chi connectivity index (χ0v) is 13.2. The molecule has 0 spiro atoms. The smallest absolute Gasteiger partial charge is 0.254 e. The molecule has 1 amide bonds. The molecule has 0 saturated carbocycles. The number of aromatic nitrogens is 1. The van der Waals surface area contributed by atoms with Crippen molar-refractivity contribution in [1.82, 2.24) is 10.3 Å². The number of carbonyl (C=O) groups excluding carboxylic acids is 1. The maximum absolute atomic E-state index is 13.6. The highest BCUT2D eigenvalue weighted by Crippen LogP contribution is 2.23. The first kappa shape index (κ1) is 17.0. The molecule has 0 unspecified atom stereocenters. The fraction of sp³-hybridized carbons (Fsp3) is 0.167. The highest BCUT2D eigenvalue weighted by molar-refractivity contribution is 5.94. The number of benzene rings is 2. The summed E-state index contributed by atoms with van der Waals surface area (Å²) in [5.74, 6) is -5.79. The largest absolute Gasteiger partial charge is 0.358 e. The molecule has 0 saturated heterocycles. The predicted molar refractivity (Wildman–Crippen MR) is 85.3 cm³/mol. The zero-order chi connectivity index (χ0) is 18.1. The van der Waals surface area contributed by atoms with E-state index in [2.05, 4.69) is 10.3 Å². The minimum atomic E-state index is -1.68. The summed E-state index contributed by atoms with van der Waals surface area (Å²) >= 11 is 0. The van der Waals surface area contributed by atoms with Gasteiger partial charge in [-0.3, -0.25) is 4.79 Å². The molecule has 1 aromatic heterocycles. The SMILES string of the molecule is Cc1[nH]c2ccc(F)cc2c1CCNC(=O)c1ccc(F)c(F)c1F. The second-order valence-electron chi connectivity index (χ2n) is 5.65. The lowest BCUT2D eigenvalue weighted by Gasteiger charge is -2.07. The van der Waals surface area contributed by atoms with Gasteiger partial charge in [0.05, 0.1) is 5.56 Å².